The zero-order valence-corrected chi connectivity index (χ0v) is 12.6. The number of benzene rings is 1. The van der Waals surface area contributed by atoms with Gasteiger partial charge in [-0.15, -0.1) is 0 Å². The minimum absolute atomic E-state index is 0.0775. The Kier molecular flexibility index (Phi) is 4.42. The number of amides is 1. The van der Waals surface area contributed by atoms with Crippen molar-refractivity contribution >= 4 is 16.8 Å². The zero-order valence-electron chi connectivity index (χ0n) is 12.6. The first-order valence-corrected chi connectivity index (χ1v) is 7.11. The van der Waals surface area contributed by atoms with Crippen LogP contribution in [0, 0.1) is 0 Å². The molecular formula is C17H16N2O4. The van der Waals surface area contributed by atoms with E-state index in [0.29, 0.717) is 18.1 Å². The third kappa shape index (κ3) is 3.60. The maximum atomic E-state index is 11.8. The molecule has 118 valence electrons. The number of fused-ring (bicyclic) bond motifs is 1. The molecule has 3 rings (SSSR count). The molecule has 0 saturated heterocycles. The number of nitrogens with zero attached hydrogens (tertiary/aromatic N) is 1. The highest BCUT2D eigenvalue weighted by molar-refractivity contribution is 5.86. The van der Waals surface area contributed by atoms with Crippen molar-refractivity contribution in [2.75, 3.05) is 13.7 Å². The van der Waals surface area contributed by atoms with Gasteiger partial charge < -0.3 is 19.2 Å². The van der Waals surface area contributed by atoms with Crippen LogP contribution in [0.25, 0.3) is 10.9 Å². The van der Waals surface area contributed by atoms with E-state index in [4.69, 9.17) is 13.9 Å². The Morgan fingerprint density at radius 2 is 2.22 bits per heavy atom. The van der Waals surface area contributed by atoms with Crippen LogP contribution in [0.5, 0.6) is 11.5 Å². The smallest absolute Gasteiger partial charge is 0.258 e. The first kappa shape index (κ1) is 14.9. The van der Waals surface area contributed by atoms with E-state index in [9.17, 15) is 4.79 Å². The second kappa shape index (κ2) is 6.83. The minimum Gasteiger partial charge on any atom is -0.497 e. The van der Waals surface area contributed by atoms with Crippen molar-refractivity contribution in [3.63, 3.8) is 0 Å². The molecule has 23 heavy (non-hydrogen) atoms. The van der Waals surface area contributed by atoms with E-state index in [1.54, 1.807) is 37.8 Å². The normalized spacial score (nSPS) is 10.5. The van der Waals surface area contributed by atoms with E-state index < -0.39 is 0 Å². The number of hydrogen-bond acceptors (Lipinski definition) is 5. The van der Waals surface area contributed by atoms with E-state index >= 15 is 0 Å². The number of furan rings is 1. The first-order chi connectivity index (χ1) is 11.3. The molecule has 1 N–H and O–H groups in total. The van der Waals surface area contributed by atoms with Crippen molar-refractivity contribution in [2.24, 2.45) is 0 Å². The predicted octanol–water partition coefficient (Wildman–Crippen LogP) is 2.53. The number of carbonyl (C=O) groups is 1. The molecule has 6 heteroatoms. The summed E-state index contributed by atoms with van der Waals surface area (Å²) in [5.41, 5.74) is 0.748. The highest BCUT2D eigenvalue weighted by Crippen LogP contribution is 2.26. The Morgan fingerprint density at radius 3 is 3.00 bits per heavy atom. The lowest BCUT2D eigenvalue weighted by Gasteiger charge is -2.09. The van der Waals surface area contributed by atoms with Gasteiger partial charge in [-0.05, 0) is 30.3 Å². The fourth-order valence-electron chi connectivity index (χ4n) is 2.15. The number of aromatic nitrogens is 1. The first-order valence-electron chi connectivity index (χ1n) is 7.11. The topological polar surface area (TPSA) is 73.6 Å². The summed E-state index contributed by atoms with van der Waals surface area (Å²) >= 11 is 0. The summed E-state index contributed by atoms with van der Waals surface area (Å²) in [6, 6.07) is 10.8. The fraction of sp³-hybridized carbons (Fsp3) is 0.176. The van der Waals surface area contributed by atoms with E-state index in [1.165, 1.54) is 0 Å². The predicted molar refractivity (Wildman–Crippen MR) is 84.3 cm³/mol. The summed E-state index contributed by atoms with van der Waals surface area (Å²) in [5.74, 6) is 1.80. The summed E-state index contributed by atoms with van der Waals surface area (Å²) < 4.78 is 15.9. The molecule has 1 aromatic carbocycles. The van der Waals surface area contributed by atoms with E-state index in [2.05, 4.69) is 10.3 Å². The van der Waals surface area contributed by atoms with Crippen LogP contribution in [0.1, 0.15) is 5.76 Å². The molecule has 0 spiro atoms. The molecule has 6 nitrogen and oxygen atoms in total. The van der Waals surface area contributed by atoms with Crippen molar-refractivity contribution < 1.29 is 18.7 Å². The van der Waals surface area contributed by atoms with Gasteiger partial charge in [-0.3, -0.25) is 9.78 Å². The highest BCUT2D eigenvalue weighted by atomic mass is 16.5. The van der Waals surface area contributed by atoms with Gasteiger partial charge in [0.1, 0.15) is 17.3 Å². The molecule has 2 aromatic heterocycles. The number of pyridine rings is 1. The van der Waals surface area contributed by atoms with E-state index in [-0.39, 0.29) is 12.5 Å². The van der Waals surface area contributed by atoms with E-state index in [1.807, 2.05) is 18.2 Å². The third-order valence-corrected chi connectivity index (χ3v) is 3.31. The van der Waals surface area contributed by atoms with Crippen LogP contribution in [0.15, 0.2) is 53.3 Å². The van der Waals surface area contributed by atoms with Gasteiger partial charge in [0.25, 0.3) is 5.91 Å². The number of ether oxygens (including phenoxy) is 2. The Morgan fingerprint density at radius 1 is 1.30 bits per heavy atom. The van der Waals surface area contributed by atoms with Crippen molar-refractivity contribution in [3.8, 4) is 11.5 Å². The molecule has 0 aliphatic carbocycles. The van der Waals surface area contributed by atoms with Crippen molar-refractivity contribution in [1.82, 2.24) is 10.3 Å². The van der Waals surface area contributed by atoms with Crippen LogP contribution in [-0.4, -0.2) is 24.6 Å². The van der Waals surface area contributed by atoms with Crippen molar-refractivity contribution in [3.05, 3.63) is 54.6 Å². The van der Waals surface area contributed by atoms with E-state index in [0.717, 1.165) is 16.7 Å². The molecule has 0 fully saturated rings. The van der Waals surface area contributed by atoms with Crippen LogP contribution >= 0.6 is 0 Å². The SMILES string of the molecule is COc1ccc2c(OCC(=O)NCc3ccco3)ccnc2c1. The lowest BCUT2D eigenvalue weighted by Crippen LogP contribution is -2.28. The highest BCUT2D eigenvalue weighted by Gasteiger charge is 2.08. The van der Waals surface area contributed by atoms with Gasteiger partial charge in [-0.25, -0.2) is 0 Å². The lowest BCUT2D eigenvalue weighted by molar-refractivity contribution is -0.123. The summed E-state index contributed by atoms with van der Waals surface area (Å²) in [6.07, 6.45) is 3.20. The average Bonchev–Trinajstić information content (AvgIpc) is 3.11. The largest absolute Gasteiger partial charge is 0.497 e. The van der Waals surface area contributed by atoms with Crippen LogP contribution in [-0.2, 0) is 11.3 Å². The summed E-state index contributed by atoms with van der Waals surface area (Å²) in [4.78, 5) is 16.1. The fourth-order valence-corrected chi connectivity index (χ4v) is 2.15. The molecule has 1 amide bonds. The molecule has 0 aliphatic rings. The molecule has 0 aliphatic heterocycles. The lowest BCUT2D eigenvalue weighted by atomic mass is 10.2. The average molecular weight is 312 g/mol. The van der Waals surface area contributed by atoms with Gasteiger partial charge in [0.15, 0.2) is 6.61 Å². The molecule has 0 atom stereocenters. The summed E-state index contributed by atoms with van der Waals surface area (Å²) in [7, 11) is 1.60. The standard InChI is InChI=1S/C17H16N2O4/c1-21-12-4-5-14-15(9-12)18-7-6-16(14)23-11-17(20)19-10-13-3-2-8-22-13/h2-9H,10-11H2,1H3,(H,19,20). The van der Waals surface area contributed by atoms with Gasteiger partial charge in [-0.1, -0.05) is 0 Å². The number of nitrogens with one attached hydrogen (secondary N) is 1. The molecule has 0 unspecified atom stereocenters. The van der Waals surface area contributed by atoms with Gasteiger partial charge in [0.2, 0.25) is 0 Å². The number of rotatable bonds is 6. The Bertz CT molecular complexity index is 799. The number of hydrogen-bond donors (Lipinski definition) is 1. The maximum absolute atomic E-state index is 11.8. The molecule has 0 saturated carbocycles. The molecule has 2 heterocycles. The molecule has 0 radical (unpaired) electrons. The van der Waals surface area contributed by atoms with Gasteiger partial charge >= 0.3 is 0 Å². The Hall–Kier alpha value is -3.02. The second-order valence-electron chi connectivity index (χ2n) is 4.84. The third-order valence-electron chi connectivity index (χ3n) is 3.31. The van der Waals surface area contributed by atoms with Crippen LogP contribution < -0.4 is 14.8 Å². The number of methoxy groups -OCH3 is 1. The Labute approximate surface area is 133 Å². The Balaban J connectivity index is 1.63. The maximum Gasteiger partial charge on any atom is 0.258 e. The molecule has 3 aromatic rings. The van der Waals surface area contributed by atoms with Gasteiger partial charge in [0, 0.05) is 17.6 Å². The zero-order chi connectivity index (χ0) is 16.1. The number of carbonyl (C=O) groups excluding carboxylic acids is 1. The van der Waals surface area contributed by atoms with Crippen LogP contribution in [0.4, 0.5) is 0 Å². The van der Waals surface area contributed by atoms with Crippen LogP contribution in [0.2, 0.25) is 0 Å². The van der Waals surface area contributed by atoms with Crippen molar-refractivity contribution in [2.45, 2.75) is 6.54 Å². The monoisotopic (exact) mass is 312 g/mol. The minimum atomic E-state index is -0.222. The molecule has 0 bridgehead atoms. The summed E-state index contributed by atoms with van der Waals surface area (Å²) in [5, 5.41) is 3.55. The van der Waals surface area contributed by atoms with Gasteiger partial charge in [0.05, 0.1) is 25.4 Å². The quantitative estimate of drug-likeness (QED) is 0.757. The van der Waals surface area contributed by atoms with Gasteiger partial charge in [-0.2, -0.15) is 0 Å². The summed E-state index contributed by atoms with van der Waals surface area (Å²) in [6.45, 7) is 0.259. The van der Waals surface area contributed by atoms with Crippen molar-refractivity contribution in [1.29, 1.82) is 0 Å². The van der Waals surface area contributed by atoms with Crippen LogP contribution in [0.3, 0.4) is 0 Å². The second-order valence-corrected chi connectivity index (χ2v) is 4.84. The molecular weight excluding hydrogens is 296 g/mol.